The quantitative estimate of drug-likeness (QED) is 0.736. The van der Waals surface area contributed by atoms with E-state index in [-0.39, 0.29) is 11.2 Å². The Morgan fingerprint density at radius 2 is 2.14 bits per heavy atom. The van der Waals surface area contributed by atoms with E-state index in [1.54, 1.807) is 6.07 Å². The van der Waals surface area contributed by atoms with Gasteiger partial charge in [-0.2, -0.15) is 0 Å². The fourth-order valence-corrected chi connectivity index (χ4v) is 1.47. The topological polar surface area (TPSA) is 32.9 Å². The van der Waals surface area contributed by atoms with Gasteiger partial charge in [-0.3, -0.25) is 4.79 Å². The van der Waals surface area contributed by atoms with Crippen molar-refractivity contribution >= 4 is 10.9 Å². The lowest BCUT2D eigenvalue weighted by molar-refractivity contribution is 0.629. The zero-order valence-electron chi connectivity index (χ0n) is 7.80. The van der Waals surface area contributed by atoms with Crippen molar-refractivity contribution in [2.45, 2.75) is 13.3 Å². The molecule has 2 rings (SSSR count). The van der Waals surface area contributed by atoms with Crippen molar-refractivity contribution in [2.75, 3.05) is 0 Å². The highest BCUT2D eigenvalue weighted by Gasteiger charge is 2.01. The van der Waals surface area contributed by atoms with Gasteiger partial charge in [0.05, 0.1) is 5.52 Å². The van der Waals surface area contributed by atoms with Crippen LogP contribution in [0.5, 0.6) is 0 Å². The number of fused-ring (bicyclic) bond motifs is 1. The van der Waals surface area contributed by atoms with E-state index in [9.17, 15) is 9.18 Å². The Morgan fingerprint density at radius 1 is 1.36 bits per heavy atom. The van der Waals surface area contributed by atoms with Crippen molar-refractivity contribution in [1.82, 2.24) is 4.98 Å². The van der Waals surface area contributed by atoms with E-state index >= 15 is 0 Å². The van der Waals surface area contributed by atoms with Gasteiger partial charge in [-0.15, -0.1) is 0 Å². The number of hydrogen-bond acceptors (Lipinski definition) is 1. The summed E-state index contributed by atoms with van der Waals surface area (Å²) in [5.74, 6) is -0.332. The average molecular weight is 191 g/mol. The summed E-state index contributed by atoms with van der Waals surface area (Å²) in [5.41, 5.74) is 1.33. The number of aryl methyl sites for hydroxylation is 1. The van der Waals surface area contributed by atoms with Gasteiger partial charge in [-0.05, 0) is 24.6 Å². The lowest BCUT2D eigenvalue weighted by Gasteiger charge is -2.01. The Bertz CT molecular complexity index is 530. The molecule has 1 heterocycles. The number of hydrogen-bond donors (Lipinski definition) is 1. The Kier molecular flexibility index (Phi) is 2.08. The van der Waals surface area contributed by atoms with Gasteiger partial charge in [0, 0.05) is 17.1 Å². The highest BCUT2D eigenvalue weighted by molar-refractivity contribution is 5.78. The summed E-state index contributed by atoms with van der Waals surface area (Å²) in [6.45, 7) is 1.94. The van der Waals surface area contributed by atoms with Crippen molar-refractivity contribution in [2.24, 2.45) is 0 Å². The maximum absolute atomic E-state index is 12.9. The van der Waals surface area contributed by atoms with Crippen LogP contribution in [-0.4, -0.2) is 4.98 Å². The summed E-state index contributed by atoms with van der Waals surface area (Å²) in [6, 6.07) is 5.70. The third-order valence-corrected chi connectivity index (χ3v) is 2.23. The summed E-state index contributed by atoms with van der Waals surface area (Å²) in [7, 11) is 0. The first-order valence-corrected chi connectivity index (χ1v) is 4.52. The maximum Gasteiger partial charge on any atom is 0.189 e. The van der Waals surface area contributed by atoms with Gasteiger partial charge in [-0.1, -0.05) is 6.92 Å². The normalized spacial score (nSPS) is 10.7. The van der Waals surface area contributed by atoms with Crippen molar-refractivity contribution in [3.8, 4) is 0 Å². The molecule has 14 heavy (non-hydrogen) atoms. The van der Waals surface area contributed by atoms with Crippen LogP contribution in [0.2, 0.25) is 0 Å². The zero-order valence-corrected chi connectivity index (χ0v) is 7.80. The summed E-state index contributed by atoms with van der Waals surface area (Å²) < 4.78 is 12.9. The molecule has 0 aliphatic heterocycles. The summed E-state index contributed by atoms with van der Waals surface area (Å²) in [4.78, 5) is 14.5. The zero-order chi connectivity index (χ0) is 10.1. The van der Waals surface area contributed by atoms with E-state index in [2.05, 4.69) is 4.98 Å². The SMILES string of the molecule is CCc1cc(=O)c2ccc(F)cc2[nH]1. The molecule has 1 aromatic heterocycles. The monoisotopic (exact) mass is 191 g/mol. The molecule has 0 radical (unpaired) electrons. The average Bonchev–Trinajstić information content (AvgIpc) is 2.16. The van der Waals surface area contributed by atoms with Crippen LogP contribution in [0.25, 0.3) is 10.9 Å². The minimum absolute atomic E-state index is 0.0596. The molecule has 0 saturated heterocycles. The third kappa shape index (κ3) is 1.41. The molecule has 0 amide bonds. The number of rotatable bonds is 1. The smallest absolute Gasteiger partial charge is 0.189 e. The summed E-state index contributed by atoms with van der Waals surface area (Å²) >= 11 is 0. The van der Waals surface area contributed by atoms with E-state index in [0.717, 1.165) is 12.1 Å². The number of halogens is 1. The van der Waals surface area contributed by atoms with Crippen LogP contribution in [0.4, 0.5) is 4.39 Å². The number of benzene rings is 1. The lowest BCUT2D eigenvalue weighted by atomic mass is 10.2. The first-order chi connectivity index (χ1) is 6.70. The molecule has 1 aromatic carbocycles. The fourth-order valence-electron chi connectivity index (χ4n) is 1.47. The molecule has 0 spiro atoms. The van der Waals surface area contributed by atoms with Crippen LogP contribution >= 0.6 is 0 Å². The molecule has 0 atom stereocenters. The molecule has 0 aliphatic carbocycles. The van der Waals surface area contributed by atoms with Gasteiger partial charge in [0.15, 0.2) is 5.43 Å². The molecule has 3 heteroatoms. The van der Waals surface area contributed by atoms with Crippen molar-refractivity contribution in [1.29, 1.82) is 0 Å². The third-order valence-electron chi connectivity index (χ3n) is 2.23. The van der Waals surface area contributed by atoms with E-state index in [4.69, 9.17) is 0 Å². The highest BCUT2D eigenvalue weighted by atomic mass is 19.1. The van der Waals surface area contributed by atoms with Gasteiger partial charge in [0.1, 0.15) is 5.82 Å². The predicted octanol–water partition coefficient (Wildman–Crippen LogP) is 2.23. The van der Waals surface area contributed by atoms with E-state index in [0.29, 0.717) is 10.9 Å². The molecule has 1 N–H and O–H groups in total. The summed E-state index contributed by atoms with van der Waals surface area (Å²) in [5, 5.41) is 0.531. The second-order valence-corrected chi connectivity index (χ2v) is 3.20. The molecule has 0 bridgehead atoms. The largest absolute Gasteiger partial charge is 0.358 e. The second kappa shape index (κ2) is 3.25. The molecular weight excluding hydrogens is 181 g/mol. The number of aromatic nitrogens is 1. The fraction of sp³-hybridized carbons (Fsp3) is 0.182. The van der Waals surface area contributed by atoms with Crippen molar-refractivity contribution in [3.63, 3.8) is 0 Å². The molecule has 0 unspecified atom stereocenters. The lowest BCUT2D eigenvalue weighted by Crippen LogP contribution is -2.04. The van der Waals surface area contributed by atoms with Crippen LogP contribution in [0.15, 0.2) is 29.1 Å². The van der Waals surface area contributed by atoms with Gasteiger partial charge in [0.25, 0.3) is 0 Å². The number of aromatic amines is 1. The molecule has 2 nitrogen and oxygen atoms in total. The first kappa shape index (κ1) is 8.94. The Hall–Kier alpha value is -1.64. The summed E-state index contributed by atoms with van der Waals surface area (Å²) in [6.07, 6.45) is 0.738. The molecule has 0 aliphatic rings. The highest BCUT2D eigenvalue weighted by Crippen LogP contribution is 2.10. The second-order valence-electron chi connectivity index (χ2n) is 3.20. The predicted molar refractivity (Wildman–Crippen MR) is 53.9 cm³/mol. The van der Waals surface area contributed by atoms with Crippen LogP contribution < -0.4 is 5.43 Å². The molecule has 0 fully saturated rings. The Morgan fingerprint density at radius 3 is 2.86 bits per heavy atom. The number of nitrogens with one attached hydrogen (secondary N) is 1. The van der Waals surface area contributed by atoms with Crippen LogP contribution in [0.3, 0.4) is 0 Å². The maximum atomic E-state index is 12.9. The Balaban J connectivity index is 2.84. The minimum Gasteiger partial charge on any atom is -0.358 e. The van der Waals surface area contributed by atoms with Gasteiger partial charge >= 0.3 is 0 Å². The van der Waals surface area contributed by atoms with E-state index < -0.39 is 0 Å². The van der Waals surface area contributed by atoms with E-state index in [1.165, 1.54) is 18.2 Å². The number of H-pyrrole nitrogens is 1. The number of pyridine rings is 1. The van der Waals surface area contributed by atoms with Gasteiger partial charge in [-0.25, -0.2) is 4.39 Å². The van der Waals surface area contributed by atoms with Gasteiger partial charge < -0.3 is 4.98 Å². The standard InChI is InChI=1S/C11H10FNO/c1-2-8-6-11(14)9-4-3-7(12)5-10(9)13-8/h3-6H,2H2,1H3,(H,13,14). The van der Waals surface area contributed by atoms with Crippen LogP contribution in [0.1, 0.15) is 12.6 Å². The van der Waals surface area contributed by atoms with Crippen LogP contribution in [-0.2, 0) is 6.42 Å². The van der Waals surface area contributed by atoms with Crippen molar-refractivity contribution in [3.05, 3.63) is 46.0 Å². The molecule has 72 valence electrons. The first-order valence-electron chi connectivity index (χ1n) is 4.52. The van der Waals surface area contributed by atoms with Crippen molar-refractivity contribution < 1.29 is 4.39 Å². The van der Waals surface area contributed by atoms with E-state index in [1.807, 2.05) is 6.92 Å². The van der Waals surface area contributed by atoms with Crippen LogP contribution in [0, 0.1) is 5.82 Å². The molecule has 2 aromatic rings. The molecule has 0 saturated carbocycles. The van der Waals surface area contributed by atoms with Gasteiger partial charge in [0.2, 0.25) is 0 Å². The minimum atomic E-state index is -0.332. The molecular formula is C11H10FNO. The Labute approximate surface area is 80.4 Å².